The van der Waals surface area contributed by atoms with Crippen molar-refractivity contribution in [2.45, 2.75) is 38.0 Å². The van der Waals surface area contributed by atoms with Crippen LogP contribution in [0.15, 0.2) is 97.1 Å². The van der Waals surface area contributed by atoms with Crippen molar-refractivity contribution in [1.82, 2.24) is 5.32 Å². The van der Waals surface area contributed by atoms with Gasteiger partial charge in [-0.3, -0.25) is 4.79 Å². The molecule has 3 aromatic carbocycles. The highest BCUT2D eigenvalue weighted by Crippen LogP contribution is 2.38. The maximum Gasteiger partial charge on any atom is 0.262 e. The minimum atomic E-state index is -2.77. The summed E-state index contributed by atoms with van der Waals surface area (Å²) in [7, 11) is -2.77. The molecule has 0 saturated carbocycles. The minimum absolute atomic E-state index is 0.0456. The summed E-state index contributed by atoms with van der Waals surface area (Å²) in [5.41, 5.74) is 1.10. The van der Waals surface area contributed by atoms with Crippen LogP contribution in [0.25, 0.3) is 6.08 Å². The van der Waals surface area contributed by atoms with Crippen molar-refractivity contribution in [3.63, 3.8) is 0 Å². The van der Waals surface area contributed by atoms with E-state index in [-0.39, 0.29) is 17.0 Å². The van der Waals surface area contributed by atoms with Gasteiger partial charge in [0.1, 0.15) is 6.10 Å². The molecule has 1 fully saturated rings. The van der Waals surface area contributed by atoms with E-state index >= 15 is 0 Å². The molecule has 1 N–H and O–H groups in total. The second-order valence-electron chi connectivity index (χ2n) is 9.01. The van der Waals surface area contributed by atoms with Crippen LogP contribution in [0.2, 0.25) is 5.04 Å². The molecule has 0 aromatic heterocycles. The lowest BCUT2D eigenvalue weighted by Gasteiger charge is -2.48. The second kappa shape index (κ2) is 8.65. The molecular weight excluding hydrogens is 398 g/mol. The van der Waals surface area contributed by atoms with E-state index in [0.717, 1.165) is 5.56 Å². The van der Waals surface area contributed by atoms with Crippen LogP contribution in [0.1, 0.15) is 26.3 Å². The summed E-state index contributed by atoms with van der Waals surface area (Å²) >= 11 is 0. The lowest BCUT2D eigenvalue weighted by molar-refractivity contribution is -0.138. The Bertz CT molecular complexity index is 1000. The van der Waals surface area contributed by atoms with Crippen LogP contribution in [0.5, 0.6) is 0 Å². The van der Waals surface area contributed by atoms with E-state index in [1.807, 2.05) is 42.5 Å². The van der Waals surface area contributed by atoms with Gasteiger partial charge in [-0.15, -0.1) is 0 Å². The number of carbonyl (C=O) groups excluding carboxylic acids is 1. The molecule has 158 valence electrons. The molecule has 2 atom stereocenters. The Morgan fingerprint density at radius 2 is 1.29 bits per heavy atom. The first-order valence-corrected chi connectivity index (χ1v) is 12.7. The Hall–Kier alpha value is -2.95. The largest absolute Gasteiger partial charge is 0.393 e. The van der Waals surface area contributed by atoms with E-state index in [1.165, 1.54) is 10.4 Å². The first-order chi connectivity index (χ1) is 14.9. The maximum atomic E-state index is 12.7. The van der Waals surface area contributed by atoms with Gasteiger partial charge in [-0.05, 0) is 21.0 Å². The van der Waals surface area contributed by atoms with E-state index in [1.54, 1.807) is 0 Å². The topological polar surface area (TPSA) is 38.3 Å². The summed E-state index contributed by atoms with van der Waals surface area (Å²) in [5.74, 6) is -0.0456. The fourth-order valence-electron chi connectivity index (χ4n) is 4.33. The summed E-state index contributed by atoms with van der Waals surface area (Å²) in [6, 6.07) is 30.9. The molecule has 3 nitrogen and oxygen atoms in total. The first-order valence-electron chi connectivity index (χ1n) is 10.7. The molecule has 0 spiro atoms. The Labute approximate surface area is 185 Å². The van der Waals surface area contributed by atoms with Gasteiger partial charge in [0.05, 0.1) is 6.04 Å². The SMILES string of the molecule is CC(C)(C)[Si](O[C@@H]1C(=O)N[C@@H]1/C=C/c1ccccc1)(c1ccccc1)c1ccccc1. The Kier molecular flexibility index (Phi) is 5.94. The quantitative estimate of drug-likeness (QED) is 0.474. The average Bonchev–Trinajstić information content (AvgIpc) is 2.78. The summed E-state index contributed by atoms with van der Waals surface area (Å²) in [5, 5.41) is 5.20. The fraction of sp³-hybridized carbons (Fsp3) is 0.222. The third-order valence-corrected chi connectivity index (χ3v) is 10.9. The molecule has 3 aromatic rings. The van der Waals surface area contributed by atoms with Gasteiger partial charge >= 0.3 is 0 Å². The van der Waals surface area contributed by atoms with Gasteiger partial charge in [-0.25, -0.2) is 0 Å². The average molecular weight is 428 g/mol. The number of carbonyl (C=O) groups is 1. The van der Waals surface area contributed by atoms with Gasteiger partial charge in [0.25, 0.3) is 14.2 Å². The van der Waals surface area contributed by atoms with Gasteiger partial charge in [-0.1, -0.05) is 124 Å². The Morgan fingerprint density at radius 1 is 0.806 bits per heavy atom. The first kappa shape index (κ1) is 21.3. The van der Waals surface area contributed by atoms with E-state index in [9.17, 15) is 4.79 Å². The number of benzene rings is 3. The number of β-lactam (4-membered cyclic amide) rings is 1. The molecule has 0 unspecified atom stereocenters. The molecule has 1 aliphatic heterocycles. The molecule has 4 heteroatoms. The predicted molar refractivity (Wildman–Crippen MR) is 130 cm³/mol. The Morgan fingerprint density at radius 3 is 1.74 bits per heavy atom. The lowest BCUT2D eigenvalue weighted by atomic mass is 10.0. The highest BCUT2D eigenvalue weighted by molar-refractivity contribution is 6.99. The Balaban J connectivity index is 1.74. The van der Waals surface area contributed by atoms with Crippen LogP contribution in [-0.2, 0) is 9.22 Å². The molecule has 4 rings (SSSR count). The van der Waals surface area contributed by atoms with Gasteiger partial charge in [-0.2, -0.15) is 0 Å². The number of hydrogen-bond donors (Lipinski definition) is 1. The molecule has 1 aliphatic rings. The fourth-order valence-corrected chi connectivity index (χ4v) is 8.97. The highest BCUT2D eigenvalue weighted by atomic mass is 28.4. The zero-order valence-electron chi connectivity index (χ0n) is 18.3. The number of hydrogen-bond acceptors (Lipinski definition) is 2. The standard InChI is InChI=1S/C27H29NO2Si/c1-27(2,3)31(22-15-9-5-10-16-22,23-17-11-6-12-18-23)30-25-24(28-26(25)29)20-19-21-13-7-4-8-14-21/h4-20,24-25H,1-3H3,(H,28,29)/b20-19+/t24-,25+/m1/s1. The van der Waals surface area contributed by atoms with Crippen molar-refractivity contribution >= 4 is 30.7 Å². The summed E-state index contributed by atoms with van der Waals surface area (Å²) in [6.45, 7) is 6.68. The third-order valence-electron chi connectivity index (χ3n) is 5.91. The van der Waals surface area contributed by atoms with Crippen molar-refractivity contribution < 1.29 is 9.22 Å². The van der Waals surface area contributed by atoms with Crippen molar-refractivity contribution in [2.75, 3.05) is 0 Å². The maximum absolute atomic E-state index is 12.7. The van der Waals surface area contributed by atoms with Gasteiger partial charge in [0.2, 0.25) is 0 Å². The van der Waals surface area contributed by atoms with Gasteiger partial charge in [0, 0.05) is 0 Å². The number of rotatable bonds is 6. The van der Waals surface area contributed by atoms with Crippen LogP contribution in [0.4, 0.5) is 0 Å². The van der Waals surface area contributed by atoms with Gasteiger partial charge in [0.15, 0.2) is 0 Å². The monoisotopic (exact) mass is 427 g/mol. The molecule has 1 amide bonds. The van der Waals surface area contributed by atoms with Crippen LogP contribution in [0.3, 0.4) is 0 Å². The lowest BCUT2D eigenvalue weighted by Crippen LogP contribution is -2.73. The predicted octanol–water partition coefficient (Wildman–Crippen LogP) is 4.14. The molecule has 0 bridgehead atoms. The van der Waals surface area contributed by atoms with Gasteiger partial charge < -0.3 is 9.74 Å². The van der Waals surface area contributed by atoms with E-state index in [2.05, 4.69) is 86.8 Å². The molecule has 1 saturated heterocycles. The number of amides is 1. The zero-order chi connectivity index (χ0) is 21.9. The molecule has 31 heavy (non-hydrogen) atoms. The van der Waals surface area contributed by atoms with E-state index < -0.39 is 14.4 Å². The van der Waals surface area contributed by atoms with Crippen LogP contribution in [0, 0.1) is 0 Å². The van der Waals surface area contributed by atoms with Crippen LogP contribution >= 0.6 is 0 Å². The number of nitrogens with one attached hydrogen (secondary N) is 1. The second-order valence-corrected chi connectivity index (χ2v) is 13.3. The minimum Gasteiger partial charge on any atom is -0.393 e. The summed E-state index contributed by atoms with van der Waals surface area (Å²) < 4.78 is 7.00. The summed E-state index contributed by atoms with van der Waals surface area (Å²) in [4.78, 5) is 12.7. The molecular formula is C27H29NO2Si. The molecule has 0 radical (unpaired) electrons. The smallest absolute Gasteiger partial charge is 0.262 e. The van der Waals surface area contributed by atoms with E-state index in [4.69, 9.17) is 4.43 Å². The van der Waals surface area contributed by atoms with Crippen molar-refractivity contribution in [3.8, 4) is 0 Å². The van der Waals surface area contributed by atoms with Crippen LogP contribution in [-0.4, -0.2) is 26.4 Å². The molecule has 0 aliphatic carbocycles. The summed E-state index contributed by atoms with van der Waals surface area (Å²) in [6.07, 6.45) is 3.58. The highest BCUT2D eigenvalue weighted by Gasteiger charge is 2.55. The molecule has 1 heterocycles. The van der Waals surface area contributed by atoms with Crippen LogP contribution < -0.4 is 15.7 Å². The van der Waals surface area contributed by atoms with Crippen molar-refractivity contribution in [1.29, 1.82) is 0 Å². The van der Waals surface area contributed by atoms with Crippen molar-refractivity contribution in [3.05, 3.63) is 103 Å². The zero-order valence-corrected chi connectivity index (χ0v) is 19.3. The van der Waals surface area contributed by atoms with E-state index in [0.29, 0.717) is 0 Å². The van der Waals surface area contributed by atoms with Crippen molar-refractivity contribution in [2.24, 2.45) is 0 Å². The normalized spacial score (nSPS) is 19.1. The third kappa shape index (κ3) is 4.14.